The maximum Gasteiger partial charge on any atom is 0.204 e. The van der Waals surface area contributed by atoms with E-state index in [1.54, 1.807) is 18.4 Å². The van der Waals surface area contributed by atoms with Crippen LogP contribution in [0.1, 0.15) is 27.5 Å². The third-order valence-corrected chi connectivity index (χ3v) is 3.07. The molecule has 2 aromatic heterocycles. The van der Waals surface area contributed by atoms with Crippen molar-refractivity contribution in [2.75, 3.05) is 6.61 Å². The average Bonchev–Trinajstić information content (AvgIpc) is 2.99. The number of aromatic nitrogens is 1. The molecule has 0 aliphatic rings. The number of carbonyl (C=O) groups is 1. The van der Waals surface area contributed by atoms with Gasteiger partial charge in [-0.15, -0.1) is 0 Å². The van der Waals surface area contributed by atoms with Gasteiger partial charge in [0.25, 0.3) is 0 Å². The summed E-state index contributed by atoms with van der Waals surface area (Å²) in [6, 6.07) is 5.36. The molecule has 0 unspecified atom stereocenters. The van der Waals surface area contributed by atoms with Gasteiger partial charge in [-0.3, -0.25) is 4.79 Å². The molecule has 5 nitrogen and oxygen atoms in total. The van der Waals surface area contributed by atoms with Gasteiger partial charge >= 0.3 is 0 Å². The molecule has 100 valence electrons. The fraction of sp³-hybridized carbons (Fsp3) is 0.286. The molecule has 2 rings (SSSR count). The summed E-state index contributed by atoms with van der Waals surface area (Å²) in [5.41, 5.74) is 2.65. The van der Waals surface area contributed by atoms with E-state index in [0.717, 1.165) is 11.4 Å². The van der Waals surface area contributed by atoms with Crippen molar-refractivity contribution >= 4 is 12.0 Å². The van der Waals surface area contributed by atoms with Gasteiger partial charge in [0.1, 0.15) is 12.0 Å². The highest BCUT2D eigenvalue weighted by atomic mass is 16.6. The van der Waals surface area contributed by atoms with Crippen molar-refractivity contribution < 1.29 is 14.0 Å². The summed E-state index contributed by atoms with van der Waals surface area (Å²) in [6.07, 6.45) is 2.97. The van der Waals surface area contributed by atoms with Gasteiger partial charge in [-0.05, 0) is 32.0 Å². The van der Waals surface area contributed by atoms with Gasteiger partial charge in [-0.1, -0.05) is 5.16 Å². The molecule has 0 N–H and O–H groups in total. The highest BCUT2D eigenvalue weighted by molar-refractivity contribution is 5.98. The van der Waals surface area contributed by atoms with Crippen LogP contribution in [0.2, 0.25) is 0 Å². The first-order valence-electron chi connectivity index (χ1n) is 5.94. The fourth-order valence-electron chi connectivity index (χ4n) is 1.77. The third kappa shape index (κ3) is 2.93. The Bertz CT molecular complexity index is 594. The molecule has 0 bridgehead atoms. The minimum atomic E-state index is -0.0854. The molecule has 5 heteroatoms. The molecule has 0 atom stereocenters. The van der Waals surface area contributed by atoms with Crippen molar-refractivity contribution in [1.82, 2.24) is 4.57 Å². The van der Waals surface area contributed by atoms with E-state index in [9.17, 15) is 4.79 Å². The van der Waals surface area contributed by atoms with E-state index in [2.05, 4.69) is 5.16 Å². The van der Waals surface area contributed by atoms with Crippen LogP contribution in [0.15, 0.2) is 34.0 Å². The monoisotopic (exact) mass is 260 g/mol. The van der Waals surface area contributed by atoms with Gasteiger partial charge in [-0.25, -0.2) is 0 Å². The number of furan rings is 1. The lowest BCUT2D eigenvalue weighted by molar-refractivity contribution is 0.0777. The Morgan fingerprint density at radius 3 is 2.89 bits per heavy atom. The van der Waals surface area contributed by atoms with Crippen molar-refractivity contribution in [3.63, 3.8) is 0 Å². The Kier molecular flexibility index (Phi) is 3.85. The highest BCUT2D eigenvalue weighted by Crippen LogP contribution is 2.13. The number of carbonyl (C=O) groups excluding carboxylic acids is 1. The Morgan fingerprint density at radius 1 is 1.53 bits per heavy atom. The van der Waals surface area contributed by atoms with E-state index < -0.39 is 0 Å². The maximum atomic E-state index is 12.0. The van der Waals surface area contributed by atoms with Gasteiger partial charge in [0, 0.05) is 24.0 Å². The molecule has 0 radical (unpaired) electrons. The normalized spacial score (nSPS) is 11.1. The summed E-state index contributed by atoms with van der Waals surface area (Å²) in [7, 11) is 1.93. The number of nitrogens with zero attached hydrogens (tertiary/aromatic N) is 2. The minimum absolute atomic E-state index is 0.0818. The zero-order valence-electron chi connectivity index (χ0n) is 11.2. The quantitative estimate of drug-likeness (QED) is 0.471. The second kappa shape index (κ2) is 5.56. The summed E-state index contributed by atoms with van der Waals surface area (Å²) in [4.78, 5) is 16.9. The lowest BCUT2D eigenvalue weighted by Crippen LogP contribution is -2.08. The zero-order chi connectivity index (χ0) is 13.8. The van der Waals surface area contributed by atoms with Crippen LogP contribution in [0.3, 0.4) is 0 Å². The van der Waals surface area contributed by atoms with Crippen LogP contribution in [0.5, 0.6) is 0 Å². The molecule has 0 saturated carbocycles. The van der Waals surface area contributed by atoms with E-state index in [0.29, 0.717) is 11.3 Å². The summed E-state index contributed by atoms with van der Waals surface area (Å²) < 4.78 is 7.02. The fourth-order valence-corrected chi connectivity index (χ4v) is 1.77. The van der Waals surface area contributed by atoms with E-state index >= 15 is 0 Å². The number of hydrogen-bond donors (Lipinski definition) is 0. The molecule has 19 heavy (non-hydrogen) atoms. The summed E-state index contributed by atoms with van der Waals surface area (Å²) in [5.74, 6) is 0.497. The Morgan fingerprint density at radius 2 is 2.32 bits per heavy atom. The second-order valence-corrected chi connectivity index (χ2v) is 4.29. The molecule has 0 aliphatic heterocycles. The molecular weight excluding hydrogens is 244 g/mol. The van der Waals surface area contributed by atoms with Crippen molar-refractivity contribution in [1.29, 1.82) is 0 Å². The number of Topliss-reactive ketones (excluding diaryl/α,β-unsaturated/α-hetero) is 1. The predicted molar refractivity (Wildman–Crippen MR) is 71.5 cm³/mol. The molecule has 0 fully saturated rings. The summed E-state index contributed by atoms with van der Waals surface area (Å²) >= 11 is 0. The molecule has 2 heterocycles. The van der Waals surface area contributed by atoms with E-state index in [1.165, 1.54) is 6.21 Å². The number of hydrogen-bond acceptors (Lipinski definition) is 4. The minimum Gasteiger partial charge on any atom is -0.463 e. The van der Waals surface area contributed by atoms with Crippen molar-refractivity contribution in [2.45, 2.75) is 13.8 Å². The smallest absolute Gasteiger partial charge is 0.204 e. The third-order valence-electron chi connectivity index (χ3n) is 3.07. The van der Waals surface area contributed by atoms with Crippen LogP contribution < -0.4 is 0 Å². The van der Waals surface area contributed by atoms with Crippen LogP contribution in [0.25, 0.3) is 0 Å². The van der Waals surface area contributed by atoms with Crippen LogP contribution in [-0.2, 0) is 11.9 Å². The van der Waals surface area contributed by atoms with Crippen LogP contribution >= 0.6 is 0 Å². The van der Waals surface area contributed by atoms with Crippen LogP contribution in [0, 0.1) is 13.8 Å². The lowest BCUT2D eigenvalue weighted by Gasteiger charge is -2.01. The van der Waals surface area contributed by atoms with Crippen molar-refractivity contribution in [3.05, 3.63) is 47.2 Å². The topological polar surface area (TPSA) is 56.7 Å². The van der Waals surface area contributed by atoms with E-state index in [-0.39, 0.29) is 12.4 Å². The molecular formula is C14H16N2O3. The average molecular weight is 260 g/mol. The highest BCUT2D eigenvalue weighted by Gasteiger charge is 2.14. The second-order valence-electron chi connectivity index (χ2n) is 4.29. The van der Waals surface area contributed by atoms with Crippen molar-refractivity contribution in [2.24, 2.45) is 12.2 Å². The van der Waals surface area contributed by atoms with Crippen molar-refractivity contribution in [3.8, 4) is 0 Å². The zero-order valence-corrected chi connectivity index (χ0v) is 11.2. The first-order chi connectivity index (χ1) is 9.09. The summed E-state index contributed by atoms with van der Waals surface area (Å²) in [6.45, 7) is 3.79. The number of rotatable bonds is 5. The molecule has 0 saturated heterocycles. The van der Waals surface area contributed by atoms with Crippen LogP contribution in [-0.4, -0.2) is 23.2 Å². The number of ketones is 1. The van der Waals surface area contributed by atoms with Crippen LogP contribution in [0.4, 0.5) is 0 Å². The standard InChI is InChI=1S/C14H16N2O3/c1-10-7-13(11(2)16(10)3)14(17)9-19-15-8-12-5-4-6-18-12/h4-8H,9H2,1-3H3/b15-8-. The number of aryl methyl sites for hydroxylation is 1. The van der Waals surface area contributed by atoms with Gasteiger partial charge < -0.3 is 13.8 Å². The predicted octanol–water partition coefficient (Wildman–Crippen LogP) is 2.47. The van der Waals surface area contributed by atoms with E-state index in [1.807, 2.05) is 31.5 Å². The van der Waals surface area contributed by atoms with Gasteiger partial charge in [0.2, 0.25) is 5.78 Å². The van der Waals surface area contributed by atoms with Gasteiger partial charge in [0.05, 0.1) is 6.26 Å². The van der Waals surface area contributed by atoms with E-state index in [4.69, 9.17) is 9.25 Å². The molecule has 0 aromatic carbocycles. The first-order valence-corrected chi connectivity index (χ1v) is 5.94. The molecule has 0 amide bonds. The largest absolute Gasteiger partial charge is 0.463 e. The Hall–Kier alpha value is -2.30. The molecule has 2 aromatic rings. The molecule has 0 aliphatic carbocycles. The van der Waals surface area contributed by atoms with Gasteiger partial charge in [-0.2, -0.15) is 0 Å². The molecule has 0 spiro atoms. The lowest BCUT2D eigenvalue weighted by atomic mass is 10.2. The number of oxime groups is 1. The Labute approximate surface area is 111 Å². The summed E-state index contributed by atoms with van der Waals surface area (Å²) in [5, 5.41) is 3.69. The SMILES string of the molecule is Cc1cc(C(=O)CO/N=C\c2ccco2)c(C)n1C. The maximum absolute atomic E-state index is 12.0. The van der Waals surface area contributed by atoms with Gasteiger partial charge in [0.15, 0.2) is 6.61 Å². The Balaban J connectivity index is 1.93. The first kappa shape index (κ1) is 13.1.